The van der Waals surface area contributed by atoms with Gasteiger partial charge in [-0.15, -0.1) is 0 Å². The molecule has 1 aromatic carbocycles. The normalized spacial score (nSPS) is 17.3. The van der Waals surface area contributed by atoms with E-state index >= 15 is 0 Å². The van der Waals surface area contributed by atoms with Gasteiger partial charge in [0.25, 0.3) is 0 Å². The molecule has 5 nitrogen and oxygen atoms in total. The van der Waals surface area contributed by atoms with Crippen LogP contribution in [-0.2, 0) is 10.0 Å². The van der Waals surface area contributed by atoms with E-state index in [0.717, 1.165) is 25.3 Å². The van der Waals surface area contributed by atoms with Gasteiger partial charge in [-0.05, 0) is 31.2 Å². The molecule has 1 aliphatic rings. The van der Waals surface area contributed by atoms with Crippen molar-refractivity contribution in [2.75, 3.05) is 25.6 Å². The highest BCUT2D eigenvalue weighted by Gasteiger charge is 2.37. The van der Waals surface area contributed by atoms with E-state index in [1.807, 2.05) is 6.26 Å². The van der Waals surface area contributed by atoms with Crippen LogP contribution in [0.5, 0.6) is 5.75 Å². The third kappa shape index (κ3) is 3.27. The minimum absolute atomic E-state index is 0.0381. The molecule has 1 saturated carbocycles. The molecular weight excluding hydrogens is 315 g/mol. The second-order valence-corrected chi connectivity index (χ2v) is 8.13. The summed E-state index contributed by atoms with van der Waals surface area (Å²) in [6.45, 7) is 0.337. The summed E-state index contributed by atoms with van der Waals surface area (Å²) < 4.78 is 45.6. The van der Waals surface area contributed by atoms with E-state index in [9.17, 15) is 12.8 Å². The third-order valence-corrected chi connectivity index (χ3v) is 6.64. The predicted molar refractivity (Wildman–Crippen MR) is 82.6 cm³/mol. The fourth-order valence-corrected chi connectivity index (χ4v) is 4.47. The minimum atomic E-state index is -3.79. The second kappa shape index (κ2) is 6.02. The highest BCUT2D eigenvalue weighted by Crippen LogP contribution is 2.42. The van der Waals surface area contributed by atoms with Crippen LogP contribution in [0.4, 0.5) is 10.1 Å². The number of anilines is 1. The van der Waals surface area contributed by atoms with Crippen LogP contribution in [0, 0.1) is 5.82 Å². The maximum Gasteiger partial charge on any atom is 0.240 e. The summed E-state index contributed by atoms with van der Waals surface area (Å²) in [5.41, 5.74) is 5.57. The Bertz CT molecular complexity index is 602. The summed E-state index contributed by atoms with van der Waals surface area (Å²) in [6.07, 6.45) is 5.04. The standard InChI is InChI=1S/C13H19FN2O3S2/c1-19-12-10(14)6-9(7-11(12)15)21(17,18)16-8-13(20-2)4-3-5-13/h6-7,16H,3-5,8,15H2,1-2H3. The minimum Gasteiger partial charge on any atom is -0.492 e. The number of hydrogen-bond donors (Lipinski definition) is 2. The van der Waals surface area contributed by atoms with E-state index < -0.39 is 15.8 Å². The van der Waals surface area contributed by atoms with Gasteiger partial charge < -0.3 is 10.5 Å². The van der Waals surface area contributed by atoms with Gasteiger partial charge in [-0.3, -0.25) is 0 Å². The average molecular weight is 334 g/mol. The fourth-order valence-electron chi connectivity index (χ4n) is 2.29. The van der Waals surface area contributed by atoms with Crippen molar-refractivity contribution in [1.29, 1.82) is 0 Å². The molecule has 0 unspecified atom stereocenters. The number of thioether (sulfide) groups is 1. The van der Waals surface area contributed by atoms with Gasteiger partial charge in [0.05, 0.1) is 17.7 Å². The van der Waals surface area contributed by atoms with Gasteiger partial charge >= 0.3 is 0 Å². The zero-order chi connectivity index (χ0) is 15.7. The molecule has 3 N–H and O–H groups in total. The molecule has 0 saturated heterocycles. The van der Waals surface area contributed by atoms with E-state index in [1.54, 1.807) is 11.8 Å². The molecule has 0 aromatic heterocycles. The Kier molecular flexibility index (Phi) is 4.69. The highest BCUT2D eigenvalue weighted by molar-refractivity contribution is 8.00. The number of nitrogens with two attached hydrogens (primary N) is 1. The zero-order valence-corrected chi connectivity index (χ0v) is 13.6. The van der Waals surface area contributed by atoms with Crippen LogP contribution in [0.3, 0.4) is 0 Å². The lowest BCUT2D eigenvalue weighted by atomic mass is 9.84. The SMILES string of the molecule is COc1c(N)cc(S(=O)(=O)NCC2(SC)CCC2)cc1F. The summed E-state index contributed by atoms with van der Waals surface area (Å²) in [6, 6.07) is 2.13. The lowest BCUT2D eigenvalue weighted by molar-refractivity contribution is 0.361. The lowest BCUT2D eigenvalue weighted by Gasteiger charge is -2.40. The maximum absolute atomic E-state index is 13.8. The van der Waals surface area contributed by atoms with Crippen LogP contribution in [0.15, 0.2) is 17.0 Å². The Morgan fingerprint density at radius 1 is 1.48 bits per heavy atom. The zero-order valence-electron chi connectivity index (χ0n) is 12.0. The van der Waals surface area contributed by atoms with Gasteiger partial charge in [0.1, 0.15) is 0 Å². The summed E-state index contributed by atoms with van der Waals surface area (Å²) in [7, 11) is -2.51. The van der Waals surface area contributed by atoms with Crippen molar-refractivity contribution in [2.24, 2.45) is 0 Å². The molecule has 1 aromatic rings. The number of halogens is 1. The Hall–Kier alpha value is -0.990. The van der Waals surface area contributed by atoms with Gasteiger partial charge in [0, 0.05) is 11.3 Å². The molecule has 21 heavy (non-hydrogen) atoms. The molecular formula is C13H19FN2O3S2. The molecule has 8 heteroatoms. The fraction of sp³-hybridized carbons (Fsp3) is 0.538. The Balaban J connectivity index is 2.20. The molecule has 1 aliphatic carbocycles. The Labute approximate surface area is 128 Å². The first kappa shape index (κ1) is 16.4. The summed E-state index contributed by atoms with van der Waals surface area (Å²) in [5, 5.41) is 0. The Morgan fingerprint density at radius 2 is 2.14 bits per heavy atom. The van der Waals surface area contributed by atoms with Crippen molar-refractivity contribution in [3.63, 3.8) is 0 Å². The van der Waals surface area contributed by atoms with E-state index in [2.05, 4.69) is 4.72 Å². The molecule has 1 fully saturated rings. The summed E-state index contributed by atoms with van der Waals surface area (Å²) in [5.74, 6) is -0.936. The largest absolute Gasteiger partial charge is 0.492 e. The topological polar surface area (TPSA) is 81.4 Å². The van der Waals surface area contributed by atoms with E-state index in [1.165, 1.54) is 13.2 Å². The highest BCUT2D eigenvalue weighted by atomic mass is 32.2. The van der Waals surface area contributed by atoms with Crippen LogP contribution in [0.25, 0.3) is 0 Å². The first-order valence-corrected chi connectivity index (χ1v) is 9.22. The molecule has 0 bridgehead atoms. The summed E-state index contributed by atoms with van der Waals surface area (Å²) >= 11 is 1.66. The number of rotatable bonds is 6. The number of hydrogen-bond acceptors (Lipinski definition) is 5. The number of sulfonamides is 1. The average Bonchev–Trinajstić information content (AvgIpc) is 2.37. The smallest absolute Gasteiger partial charge is 0.240 e. The Morgan fingerprint density at radius 3 is 2.57 bits per heavy atom. The molecule has 0 radical (unpaired) electrons. The van der Waals surface area contributed by atoms with Crippen molar-refractivity contribution >= 4 is 27.5 Å². The van der Waals surface area contributed by atoms with Gasteiger partial charge in [-0.1, -0.05) is 6.42 Å². The third-order valence-electron chi connectivity index (χ3n) is 3.84. The number of nitrogen functional groups attached to an aromatic ring is 1. The van der Waals surface area contributed by atoms with Crippen molar-refractivity contribution in [3.05, 3.63) is 17.9 Å². The van der Waals surface area contributed by atoms with E-state index in [0.29, 0.717) is 6.54 Å². The molecule has 0 amide bonds. The molecule has 0 atom stereocenters. The predicted octanol–water partition coefficient (Wildman–Crippen LogP) is 1.98. The van der Waals surface area contributed by atoms with E-state index in [4.69, 9.17) is 10.5 Å². The summed E-state index contributed by atoms with van der Waals surface area (Å²) in [4.78, 5) is -0.186. The number of nitrogens with one attached hydrogen (secondary N) is 1. The van der Waals surface area contributed by atoms with Gasteiger partial charge in [-0.25, -0.2) is 17.5 Å². The molecule has 2 rings (SSSR count). The monoisotopic (exact) mass is 334 g/mol. The van der Waals surface area contributed by atoms with Crippen molar-refractivity contribution < 1.29 is 17.5 Å². The molecule has 0 heterocycles. The van der Waals surface area contributed by atoms with Gasteiger partial charge in [0.15, 0.2) is 11.6 Å². The maximum atomic E-state index is 13.8. The lowest BCUT2D eigenvalue weighted by Crippen LogP contribution is -2.45. The number of ether oxygens (including phenoxy) is 1. The van der Waals surface area contributed by atoms with Crippen LogP contribution >= 0.6 is 11.8 Å². The first-order chi connectivity index (χ1) is 9.83. The van der Waals surface area contributed by atoms with Crippen LogP contribution in [-0.4, -0.2) is 33.1 Å². The number of methoxy groups -OCH3 is 1. The van der Waals surface area contributed by atoms with E-state index in [-0.39, 0.29) is 21.1 Å². The molecule has 118 valence electrons. The van der Waals surface area contributed by atoms with Crippen molar-refractivity contribution in [1.82, 2.24) is 4.72 Å². The van der Waals surface area contributed by atoms with Crippen LogP contribution in [0.1, 0.15) is 19.3 Å². The quantitative estimate of drug-likeness (QED) is 0.778. The van der Waals surface area contributed by atoms with Crippen LogP contribution < -0.4 is 15.2 Å². The van der Waals surface area contributed by atoms with Crippen LogP contribution in [0.2, 0.25) is 0 Å². The van der Waals surface area contributed by atoms with Gasteiger partial charge in [0.2, 0.25) is 10.0 Å². The first-order valence-electron chi connectivity index (χ1n) is 6.51. The number of benzene rings is 1. The van der Waals surface area contributed by atoms with Crippen molar-refractivity contribution in [3.8, 4) is 5.75 Å². The molecule has 0 aliphatic heterocycles. The van der Waals surface area contributed by atoms with Crippen molar-refractivity contribution in [2.45, 2.75) is 28.9 Å². The molecule has 0 spiro atoms. The van der Waals surface area contributed by atoms with Gasteiger partial charge in [-0.2, -0.15) is 11.8 Å². The second-order valence-electron chi connectivity index (χ2n) is 5.09.